The minimum Gasteiger partial charge on any atom is -0.389 e. The molecule has 0 saturated heterocycles. The second kappa shape index (κ2) is 5.68. The molecule has 2 aromatic rings. The van der Waals surface area contributed by atoms with Crippen LogP contribution >= 0.6 is 11.3 Å². The fourth-order valence-electron chi connectivity index (χ4n) is 2.95. The predicted molar refractivity (Wildman–Crippen MR) is 79.6 cm³/mol. The molecule has 0 aromatic carbocycles. The highest BCUT2D eigenvalue weighted by molar-refractivity contribution is 7.13. The SMILES string of the molecule is CN(Cc1cc(-c2cccs2)on1)CC1(O)CCCC1. The van der Waals surface area contributed by atoms with E-state index in [9.17, 15) is 5.11 Å². The van der Waals surface area contributed by atoms with E-state index < -0.39 is 5.60 Å². The topological polar surface area (TPSA) is 49.5 Å². The van der Waals surface area contributed by atoms with Crippen LogP contribution in [0.4, 0.5) is 0 Å². The van der Waals surface area contributed by atoms with E-state index in [-0.39, 0.29) is 0 Å². The molecule has 0 atom stereocenters. The van der Waals surface area contributed by atoms with Crippen LogP contribution in [0.25, 0.3) is 10.6 Å². The van der Waals surface area contributed by atoms with E-state index in [1.54, 1.807) is 11.3 Å². The highest BCUT2D eigenvalue weighted by atomic mass is 32.1. The lowest BCUT2D eigenvalue weighted by molar-refractivity contribution is 0.0141. The van der Waals surface area contributed by atoms with Crippen molar-refractivity contribution in [2.75, 3.05) is 13.6 Å². The van der Waals surface area contributed by atoms with E-state index >= 15 is 0 Å². The molecular weight excluding hydrogens is 272 g/mol. The Bertz CT molecular complexity index is 544. The summed E-state index contributed by atoms with van der Waals surface area (Å²) in [5.74, 6) is 0.822. The molecule has 3 rings (SSSR count). The third-order valence-electron chi connectivity index (χ3n) is 3.85. The highest BCUT2D eigenvalue weighted by Gasteiger charge is 2.32. The van der Waals surface area contributed by atoms with Crippen LogP contribution in [-0.4, -0.2) is 34.4 Å². The molecule has 0 radical (unpaired) electrons. The first-order valence-corrected chi connectivity index (χ1v) is 7.93. The fourth-order valence-corrected chi connectivity index (χ4v) is 3.62. The summed E-state index contributed by atoms with van der Waals surface area (Å²) in [6, 6.07) is 6.02. The number of hydrogen-bond acceptors (Lipinski definition) is 5. The number of rotatable bonds is 5. The van der Waals surface area contributed by atoms with Crippen LogP contribution in [0.1, 0.15) is 31.4 Å². The Hall–Kier alpha value is -1.17. The molecule has 0 spiro atoms. The Morgan fingerprint density at radius 1 is 1.45 bits per heavy atom. The van der Waals surface area contributed by atoms with Gasteiger partial charge in [0.05, 0.1) is 16.2 Å². The van der Waals surface area contributed by atoms with Crippen molar-refractivity contribution in [2.24, 2.45) is 0 Å². The number of thiophene rings is 1. The van der Waals surface area contributed by atoms with Gasteiger partial charge in [-0.05, 0) is 31.3 Å². The molecule has 20 heavy (non-hydrogen) atoms. The van der Waals surface area contributed by atoms with Gasteiger partial charge in [-0.15, -0.1) is 11.3 Å². The predicted octanol–water partition coefficient (Wildman–Crippen LogP) is 3.14. The van der Waals surface area contributed by atoms with Gasteiger partial charge in [0.15, 0.2) is 5.76 Å². The lowest BCUT2D eigenvalue weighted by Gasteiger charge is -2.27. The molecule has 1 N–H and O–H groups in total. The summed E-state index contributed by atoms with van der Waals surface area (Å²) in [5.41, 5.74) is 0.409. The van der Waals surface area contributed by atoms with Gasteiger partial charge >= 0.3 is 0 Å². The monoisotopic (exact) mass is 292 g/mol. The van der Waals surface area contributed by atoms with Crippen molar-refractivity contribution in [2.45, 2.75) is 37.8 Å². The van der Waals surface area contributed by atoms with E-state index in [1.807, 2.05) is 30.6 Å². The molecule has 1 saturated carbocycles. The third-order valence-corrected chi connectivity index (χ3v) is 4.74. The van der Waals surface area contributed by atoms with E-state index in [0.717, 1.165) is 42.0 Å². The molecular formula is C15H20N2O2S. The summed E-state index contributed by atoms with van der Waals surface area (Å²) in [6.45, 7) is 1.41. The zero-order valence-corrected chi connectivity index (χ0v) is 12.5. The first-order chi connectivity index (χ1) is 9.65. The van der Waals surface area contributed by atoms with Gasteiger partial charge in [0.2, 0.25) is 0 Å². The van der Waals surface area contributed by atoms with Crippen LogP contribution in [0.5, 0.6) is 0 Å². The maximum atomic E-state index is 10.4. The maximum absolute atomic E-state index is 10.4. The second-order valence-electron chi connectivity index (χ2n) is 5.76. The summed E-state index contributed by atoms with van der Waals surface area (Å²) in [7, 11) is 2.02. The van der Waals surface area contributed by atoms with Crippen LogP contribution < -0.4 is 0 Å². The fraction of sp³-hybridized carbons (Fsp3) is 0.533. The molecule has 5 heteroatoms. The van der Waals surface area contributed by atoms with Crippen molar-refractivity contribution in [3.8, 4) is 10.6 Å². The summed E-state index contributed by atoms with van der Waals surface area (Å²) in [4.78, 5) is 3.22. The van der Waals surface area contributed by atoms with E-state index in [0.29, 0.717) is 13.1 Å². The zero-order chi connectivity index (χ0) is 14.0. The molecule has 4 nitrogen and oxygen atoms in total. The van der Waals surface area contributed by atoms with Crippen LogP contribution in [0, 0.1) is 0 Å². The largest absolute Gasteiger partial charge is 0.389 e. The average Bonchev–Trinajstić information content (AvgIpc) is 3.08. The Kier molecular flexibility index (Phi) is 3.92. The van der Waals surface area contributed by atoms with Gasteiger partial charge in [0.25, 0.3) is 0 Å². The minimum absolute atomic E-state index is 0.505. The molecule has 108 valence electrons. The average molecular weight is 292 g/mol. The lowest BCUT2D eigenvalue weighted by atomic mass is 10.0. The Morgan fingerprint density at radius 3 is 2.95 bits per heavy atom. The number of nitrogens with zero attached hydrogens (tertiary/aromatic N) is 2. The van der Waals surface area contributed by atoms with E-state index in [4.69, 9.17) is 4.52 Å². The van der Waals surface area contributed by atoms with Gasteiger partial charge in [0, 0.05) is 19.2 Å². The number of hydrogen-bond donors (Lipinski definition) is 1. The van der Waals surface area contributed by atoms with Gasteiger partial charge in [-0.25, -0.2) is 0 Å². The van der Waals surface area contributed by atoms with E-state index in [2.05, 4.69) is 10.1 Å². The Labute approximate surface area is 123 Å². The van der Waals surface area contributed by atoms with Crippen molar-refractivity contribution >= 4 is 11.3 Å². The van der Waals surface area contributed by atoms with Gasteiger partial charge in [0.1, 0.15) is 0 Å². The van der Waals surface area contributed by atoms with Gasteiger partial charge in [-0.2, -0.15) is 0 Å². The summed E-state index contributed by atoms with van der Waals surface area (Å²) >= 11 is 1.65. The zero-order valence-electron chi connectivity index (χ0n) is 11.7. The van der Waals surface area contributed by atoms with E-state index in [1.165, 1.54) is 0 Å². The molecule has 0 bridgehead atoms. The molecule has 0 unspecified atom stereocenters. The molecule has 1 aliphatic carbocycles. The van der Waals surface area contributed by atoms with Crippen molar-refractivity contribution in [3.05, 3.63) is 29.3 Å². The summed E-state index contributed by atoms with van der Waals surface area (Å²) in [5, 5.41) is 16.6. The van der Waals surface area contributed by atoms with Crippen LogP contribution in [0.3, 0.4) is 0 Å². The van der Waals surface area contributed by atoms with Gasteiger partial charge in [-0.1, -0.05) is 24.1 Å². The molecule has 0 amide bonds. The molecule has 0 aliphatic heterocycles. The van der Waals surface area contributed by atoms with Gasteiger partial charge in [-0.3, -0.25) is 4.90 Å². The lowest BCUT2D eigenvalue weighted by Crippen LogP contribution is -2.38. The van der Waals surface area contributed by atoms with Crippen LogP contribution in [0.15, 0.2) is 28.1 Å². The first-order valence-electron chi connectivity index (χ1n) is 7.05. The van der Waals surface area contributed by atoms with Crippen LogP contribution in [0.2, 0.25) is 0 Å². The summed E-state index contributed by atoms with van der Waals surface area (Å²) < 4.78 is 5.38. The Balaban J connectivity index is 1.60. The van der Waals surface area contributed by atoms with Crippen LogP contribution in [-0.2, 0) is 6.54 Å². The third kappa shape index (κ3) is 3.11. The number of aromatic nitrogens is 1. The normalized spacial score (nSPS) is 17.9. The molecule has 1 fully saturated rings. The van der Waals surface area contributed by atoms with Crippen molar-refractivity contribution in [3.63, 3.8) is 0 Å². The van der Waals surface area contributed by atoms with Gasteiger partial charge < -0.3 is 9.63 Å². The standard InChI is InChI=1S/C15H20N2O2S/c1-17(11-15(18)6-2-3-7-15)10-12-9-13(19-16-12)14-5-4-8-20-14/h4-5,8-9,18H,2-3,6-7,10-11H2,1H3. The number of aliphatic hydroxyl groups is 1. The van der Waals surface area contributed by atoms with Crippen molar-refractivity contribution in [1.29, 1.82) is 0 Å². The first kappa shape index (κ1) is 13.8. The minimum atomic E-state index is -0.505. The quantitative estimate of drug-likeness (QED) is 0.920. The van der Waals surface area contributed by atoms with Crippen molar-refractivity contribution < 1.29 is 9.63 Å². The number of likely N-dealkylation sites (N-methyl/N-ethyl adjacent to an activating group) is 1. The highest BCUT2D eigenvalue weighted by Crippen LogP contribution is 2.30. The maximum Gasteiger partial charge on any atom is 0.177 e. The molecule has 2 aromatic heterocycles. The second-order valence-corrected chi connectivity index (χ2v) is 6.71. The molecule has 2 heterocycles. The summed E-state index contributed by atoms with van der Waals surface area (Å²) in [6.07, 6.45) is 4.10. The molecule has 1 aliphatic rings. The van der Waals surface area contributed by atoms with Crippen molar-refractivity contribution in [1.82, 2.24) is 10.1 Å². The smallest absolute Gasteiger partial charge is 0.177 e. The Morgan fingerprint density at radius 2 is 2.25 bits per heavy atom.